The van der Waals surface area contributed by atoms with Gasteiger partial charge in [0.25, 0.3) is 0 Å². The lowest BCUT2D eigenvalue weighted by atomic mass is 9.67. The van der Waals surface area contributed by atoms with Crippen LogP contribution in [0.3, 0.4) is 0 Å². The molecule has 5 rings (SSSR count). The van der Waals surface area contributed by atoms with E-state index in [1.54, 1.807) is 14.0 Å². The molecule has 2 fully saturated rings. The molecule has 0 amide bonds. The number of esters is 2. The summed E-state index contributed by atoms with van der Waals surface area (Å²) >= 11 is 0. The number of carbonyl (C=O) groups is 2. The number of hydrogen-bond donors (Lipinski definition) is 0. The Labute approximate surface area is 312 Å². The van der Waals surface area contributed by atoms with Crippen molar-refractivity contribution in [2.45, 2.75) is 104 Å². The van der Waals surface area contributed by atoms with Crippen LogP contribution in [0.1, 0.15) is 109 Å². The van der Waals surface area contributed by atoms with E-state index in [2.05, 4.69) is 56.0 Å². The standard InChI is InChI=1S/C46H60O6/c1-6-7-9-34-10-12-35(13-11-34)36-16-20-40(21-17-36)44-30-42(50-28-8-29-51-46(48)33(4)31-49-5)26-27-43(44)39-18-14-37(15-19-39)38-22-24-41(25-23-38)52-45(47)32(2)3/h14-15,18-19,22-27,30,33-36,40H,2,6-13,16-17,20-21,28-29,31H2,1,3-5H3. The van der Waals surface area contributed by atoms with Crippen LogP contribution in [0.25, 0.3) is 22.3 Å². The average molecular weight is 709 g/mol. The van der Waals surface area contributed by atoms with Crippen molar-refractivity contribution >= 4 is 11.9 Å². The highest BCUT2D eigenvalue weighted by Gasteiger charge is 2.32. The molecule has 2 aliphatic carbocycles. The predicted octanol–water partition coefficient (Wildman–Crippen LogP) is 11.4. The lowest BCUT2D eigenvalue weighted by Crippen LogP contribution is -2.25. The van der Waals surface area contributed by atoms with Crippen LogP contribution in [-0.2, 0) is 19.1 Å². The zero-order valence-electron chi connectivity index (χ0n) is 32.0. The fraction of sp³-hybridized carbons (Fsp3) is 0.522. The molecule has 0 N–H and O–H groups in total. The first kappa shape index (κ1) is 39.3. The molecule has 0 heterocycles. The summed E-state index contributed by atoms with van der Waals surface area (Å²) in [6, 6.07) is 22.9. The summed E-state index contributed by atoms with van der Waals surface area (Å²) in [5.74, 6) is 3.66. The monoisotopic (exact) mass is 708 g/mol. The van der Waals surface area contributed by atoms with Gasteiger partial charge in [0.1, 0.15) is 11.5 Å². The van der Waals surface area contributed by atoms with Gasteiger partial charge in [-0.15, -0.1) is 0 Å². The van der Waals surface area contributed by atoms with Gasteiger partial charge >= 0.3 is 11.9 Å². The molecule has 3 aromatic carbocycles. The van der Waals surface area contributed by atoms with Gasteiger partial charge in [0.05, 0.1) is 25.7 Å². The van der Waals surface area contributed by atoms with Crippen molar-refractivity contribution in [3.63, 3.8) is 0 Å². The van der Waals surface area contributed by atoms with Crippen LogP contribution in [0.2, 0.25) is 0 Å². The molecular weight excluding hydrogens is 648 g/mol. The quantitative estimate of drug-likeness (QED) is 0.0602. The second-order valence-electron chi connectivity index (χ2n) is 15.3. The van der Waals surface area contributed by atoms with Gasteiger partial charge in [0.15, 0.2) is 0 Å². The molecule has 6 nitrogen and oxygen atoms in total. The van der Waals surface area contributed by atoms with Gasteiger partial charge in [-0.3, -0.25) is 4.79 Å². The van der Waals surface area contributed by atoms with Crippen molar-refractivity contribution in [2.24, 2.45) is 23.7 Å². The predicted molar refractivity (Wildman–Crippen MR) is 210 cm³/mol. The minimum atomic E-state index is -0.420. The maximum atomic E-state index is 12.1. The maximum absolute atomic E-state index is 12.1. The Morgan fingerprint density at radius 1 is 0.769 bits per heavy atom. The molecule has 280 valence electrons. The lowest BCUT2D eigenvalue weighted by Gasteiger charge is -2.38. The highest BCUT2D eigenvalue weighted by atomic mass is 16.5. The van der Waals surface area contributed by atoms with E-state index < -0.39 is 5.97 Å². The van der Waals surface area contributed by atoms with Gasteiger partial charge in [-0.25, -0.2) is 4.79 Å². The third kappa shape index (κ3) is 11.1. The SMILES string of the molecule is C=C(C)C(=O)Oc1ccc(-c2ccc(-c3ccc(OCCCOC(=O)C(C)COC)cc3C3CCC(C4CCC(CCCC)CC4)CC3)cc2)cc1. The molecule has 52 heavy (non-hydrogen) atoms. The first-order valence-electron chi connectivity index (χ1n) is 19.8. The summed E-state index contributed by atoms with van der Waals surface area (Å²) in [6.07, 6.45) is 15.5. The summed E-state index contributed by atoms with van der Waals surface area (Å²) in [6.45, 7) is 10.6. The number of rotatable bonds is 17. The fourth-order valence-corrected chi connectivity index (χ4v) is 8.21. The summed E-state index contributed by atoms with van der Waals surface area (Å²) in [7, 11) is 1.59. The average Bonchev–Trinajstić information content (AvgIpc) is 3.17. The number of ether oxygens (including phenoxy) is 4. The Balaban J connectivity index is 1.26. The van der Waals surface area contributed by atoms with Crippen molar-refractivity contribution < 1.29 is 28.5 Å². The van der Waals surface area contributed by atoms with Gasteiger partial charge in [-0.2, -0.15) is 0 Å². The van der Waals surface area contributed by atoms with Crippen molar-refractivity contribution in [2.75, 3.05) is 26.9 Å². The second kappa shape index (κ2) is 19.8. The molecule has 1 atom stereocenters. The van der Waals surface area contributed by atoms with E-state index in [0.717, 1.165) is 34.6 Å². The fourth-order valence-electron chi connectivity index (χ4n) is 8.21. The highest BCUT2D eigenvalue weighted by Crippen LogP contribution is 2.47. The first-order chi connectivity index (χ1) is 25.2. The largest absolute Gasteiger partial charge is 0.493 e. The lowest BCUT2D eigenvalue weighted by molar-refractivity contribution is -0.149. The summed E-state index contributed by atoms with van der Waals surface area (Å²) in [5, 5.41) is 0. The van der Waals surface area contributed by atoms with Crippen LogP contribution in [-0.4, -0.2) is 38.9 Å². The number of hydrogen-bond acceptors (Lipinski definition) is 6. The number of unbranched alkanes of at least 4 members (excludes halogenated alkanes) is 1. The summed E-state index contributed by atoms with van der Waals surface area (Å²) < 4.78 is 22.1. The van der Waals surface area contributed by atoms with Gasteiger partial charge in [-0.05, 0) is 128 Å². The Morgan fingerprint density at radius 2 is 1.37 bits per heavy atom. The second-order valence-corrected chi connectivity index (χ2v) is 15.3. The molecule has 0 spiro atoms. The van der Waals surface area contributed by atoms with E-state index in [1.165, 1.54) is 87.3 Å². The van der Waals surface area contributed by atoms with Crippen molar-refractivity contribution in [3.8, 4) is 33.8 Å². The van der Waals surface area contributed by atoms with Crippen LogP contribution in [0, 0.1) is 23.7 Å². The zero-order valence-corrected chi connectivity index (χ0v) is 32.0. The third-order valence-corrected chi connectivity index (χ3v) is 11.3. The van der Waals surface area contributed by atoms with Crippen LogP contribution in [0.4, 0.5) is 0 Å². The Hall–Kier alpha value is -3.90. The van der Waals surface area contributed by atoms with Crippen molar-refractivity contribution in [1.29, 1.82) is 0 Å². The third-order valence-electron chi connectivity index (χ3n) is 11.3. The Bertz CT molecular complexity index is 1580. The smallest absolute Gasteiger partial charge is 0.338 e. The van der Waals surface area contributed by atoms with Crippen molar-refractivity contribution in [1.82, 2.24) is 0 Å². The van der Waals surface area contributed by atoms with Crippen molar-refractivity contribution in [3.05, 3.63) is 84.4 Å². The van der Waals surface area contributed by atoms with E-state index in [4.69, 9.17) is 18.9 Å². The van der Waals surface area contributed by atoms with Crippen LogP contribution < -0.4 is 9.47 Å². The molecule has 0 aliphatic heterocycles. The molecule has 1 unspecified atom stereocenters. The summed E-state index contributed by atoms with van der Waals surface area (Å²) in [5.41, 5.74) is 6.37. The van der Waals surface area contributed by atoms with E-state index in [9.17, 15) is 9.59 Å². The van der Waals surface area contributed by atoms with E-state index in [-0.39, 0.29) is 11.9 Å². The zero-order chi connectivity index (χ0) is 36.9. The molecule has 2 aliphatic rings. The van der Waals surface area contributed by atoms with E-state index in [0.29, 0.717) is 43.5 Å². The van der Waals surface area contributed by atoms with Gasteiger partial charge in [-0.1, -0.05) is 88.1 Å². The van der Waals surface area contributed by atoms with Crippen LogP contribution in [0.15, 0.2) is 78.9 Å². The Morgan fingerprint density at radius 3 is 1.98 bits per heavy atom. The number of carbonyl (C=O) groups excluding carboxylic acids is 2. The molecule has 0 radical (unpaired) electrons. The molecule has 3 aromatic rings. The van der Waals surface area contributed by atoms with Gasteiger partial charge in [0.2, 0.25) is 0 Å². The van der Waals surface area contributed by atoms with Crippen LogP contribution in [0.5, 0.6) is 11.5 Å². The van der Waals surface area contributed by atoms with E-state index in [1.807, 2.05) is 31.2 Å². The normalized spacial score (nSPS) is 20.8. The molecule has 0 bridgehead atoms. The Kier molecular flexibility index (Phi) is 15.0. The molecule has 0 aromatic heterocycles. The maximum Gasteiger partial charge on any atom is 0.338 e. The molecule has 6 heteroatoms. The minimum absolute atomic E-state index is 0.235. The minimum Gasteiger partial charge on any atom is -0.493 e. The molecular formula is C46H60O6. The van der Waals surface area contributed by atoms with E-state index >= 15 is 0 Å². The number of benzene rings is 3. The summed E-state index contributed by atoms with van der Waals surface area (Å²) in [4.78, 5) is 24.1. The molecule has 2 saturated carbocycles. The first-order valence-corrected chi connectivity index (χ1v) is 19.8. The van der Waals surface area contributed by atoms with Gasteiger partial charge < -0.3 is 18.9 Å². The number of methoxy groups -OCH3 is 1. The molecule has 0 saturated heterocycles. The topological polar surface area (TPSA) is 71.1 Å². The van der Waals surface area contributed by atoms with Gasteiger partial charge in [0, 0.05) is 19.1 Å². The highest BCUT2D eigenvalue weighted by molar-refractivity contribution is 5.88. The van der Waals surface area contributed by atoms with Crippen LogP contribution >= 0.6 is 0 Å².